The summed E-state index contributed by atoms with van der Waals surface area (Å²) in [6, 6.07) is 3.76. The van der Waals surface area contributed by atoms with Gasteiger partial charge in [-0.15, -0.1) is 11.3 Å². The fourth-order valence-electron chi connectivity index (χ4n) is 4.03. The van der Waals surface area contributed by atoms with Gasteiger partial charge in [0.05, 0.1) is 18.5 Å². The van der Waals surface area contributed by atoms with Gasteiger partial charge in [0, 0.05) is 29.7 Å². The first kappa shape index (κ1) is 18.2. The van der Waals surface area contributed by atoms with Crippen LogP contribution >= 0.6 is 11.3 Å². The van der Waals surface area contributed by atoms with Gasteiger partial charge in [0.2, 0.25) is 11.8 Å². The van der Waals surface area contributed by atoms with Gasteiger partial charge in [0.25, 0.3) is 0 Å². The molecule has 7 heteroatoms. The van der Waals surface area contributed by atoms with Crippen LogP contribution in [0.5, 0.6) is 0 Å². The van der Waals surface area contributed by atoms with Crippen molar-refractivity contribution in [1.29, 1.82) is 0 Å². The summed E-state index contributed by atoms with van der Waals surface area (Å²) in [4.78, 5) is 30.2. The molecule has 0 bridgehead atoms. The van der Waals surface area contributed by atoms with Crippen LogP contribution in [0.25, 0.3) is 0 Å². The maximum atomic E-state index is 12.4. The van der Waals surface area contributed by atoms with Crippen molar-refractivity contribution >= 4 is 23.2 Å². The summed E-state index contributed by atoms with van der Waals surface area (Å²) in [5.41, 5.74) is 0.841. The largest absolute Gasteiger partial charge is 0.469 e. The third kappa shape index (κ3) is 4.40. The van der Waals surface area contributed by atoms with Crippen molar-refractivity contribution < 1.29 is 14.0 Å². The number of nitrogens with zero attached hydrogens (tertiary/aromatic N) is 1. The number of hydrogen-bond acceptors (Lipinski definition) is 5. The Balaban J connectivity index is 1.30. The third-order valence-electron chi connectivity index (χ3n) is 5.49. The molecule has 144 valence electrons. The van der Waals surface area contributed by atoms with Crippen molar-refractivity contribution in [3.63, 3.8) is 0 Å². The predicted molar refractivity (Wildman–Crippen MR) is 102 cm³/mol. The molecule has 2 N–H and O–H groups in total. The van der Waals surface area contributed by atoms with Crippen LogP contribution in [0.4, 0.5) is 0 Å². The number of nitrogens with one attached hydrogen (secondary N) is 2. The lowest BCUT2D eigenvalue weighted by Crippen LogP contribution is -2.44. The Morgan fingerprint density at radius 2 is 2.22 bits per heavy atom. The Labute approximate surface area is 162 Å². The molecule has 1 fully saturated rings. The number of fused-ring (bicyclic) bond motifs is 1. The van der Waals surface area contributed by atoms with E-state index in [-0.39, 0.29) is 17.4 Å². The molecule has 0 saturated carbocycles. The maximum Gasteiger partial charge on any atom is 0.220 e. The molecule has 1 saturated heterocycles. The molecule has 2 amide bonds. The highest BCUT2D eigenvalue weighted by Crippen LogP contribution is 2.30. The van der Waals surface area contributed by atoms with Crippen LogP contribution in [0.1, 0.15) is 59.9 Å². The third-order valence-corrected chi connectivity index (χ3v) is 6.64. The highest BCUT2D eigenvalue weighted by Gasteiger charge is 2.38. The van der Waals surface area contributed by atoms with Crippen LogP contribution in [0.15, 0.2) is 22.8 Å². The van der Waals surface area contributed by atoms with Crippen molar-refractivity contribution in [2.45, 2.75) is 69.9 Å². The minimum absolute atomic E-state index is 0.00291. The van der Waals surface area contributed by atoms with E-state index in [2.05, 4.69) is 15.6 Å². The molecular formula is C20H25N3O3S. The molecule has 0 aromatic carbocycles. The van der Waals surface area contributed by atoms with Crippen molar-refractivity contribution in [3.05, 3.63) is 39.7 Å². The highest BCUT2D eigenvalue weighted by molar-refractivity contribution is 7.11. The summed E-state index contributed by atoms with van der Waals surface area (Å²) in [5.74, 6) is 0.893. The molecule has 6 nitrogen and oxygen atoms in total. The van der Waals surface area contributed by atoms with E-state index in [4.69, 9.17) is 4.42 Å². The zero-order valence-corrected chi connectivity index (χ0v) is 16.2. The standard InChI is InChI=1S/C20H25N3O3S/c24-17(21-13-19-22-15-5-1-2-6-16(15)27-19)7-9-20(10-8-18(25)23-20)12-14-4-3-11-26-14/h3-4,11H,1-2,5-10,12-13H2,(H,21,24)(H,23,25)/t20-/m1/s1. The molecule has 2 aliphatic rings. The second kappa shape index (κ2) is 7.84. The van der Waals surface area contributed by atoms with E-state index in [1.54, 1.807) is 17.6 Å². The average Bonchev–Trinajstić information content (AvgIpc) is 3.39. The number of amides is 2. The van der Waals surface area contributed by atoms with Crippen LogP contribution in [-0.4, -0.2) is 22.3 Å². The Bertz CT molecular complexity index is 791. The summed E-state index contributed by atoms with van der Waals surface area (Å²) in [5, 5.41) is 7.07. The number of hydrogen-bond donors (Lipinski definition) is 2. The Hall–Kier alpha value is -2.15. The molecule has 0 radical (unpaired) electrons. The monoisotopic (exact) mass is 387 g/mol. The summed E-state index contributed by atoms with van der Waals surface area (Å²) in [6.07, 6.45) is 9.14. The first-order valence-electron chi connectivity index (χ1n) is 9.69. The molecule has 0 spiro atoms. The topological polar surface area (TPSA) is 84.2 Å². The SMILES string of the molecule is O=C(CC[C@]1(Cc2ccco2)CCC(=O)N1)NCc1nc2c(s1)CCCC2. The summed E-state index contributed by atoms with van der Waals surface area (Å²) in [7, 11) is 0. The Morgan fingerprint density at radius 3 is 2.96 bits per heavy atom. The fourth-order valence-corrected chi connectivity index (χ4v) is 5.12. The van der Waals surface area contributed by atoms with Gasteiger partial charge in [0.1, 0.15) is 10.8 Å². The van der Waals surface area contributed by atoms with E-state index in [0.29, 0.717) is 32.2 Å². The zero-order chi connectivity index (χ0) is 18.7. The summed E-state index contributed by atoms with van der Waals surface area (Å²) >= 11 is 1.73. The number of aryl methyl sites for hydroxylation is 2. The van der Waals surface area contributed by atoms with E-state index >= 15 is 0 Å². The minimum atomic E-state index is -0.382. The van der Waals surface area contributed by atoms with Crippen LogP contribution in [0.3, 0.4) is 0 Å². The van der Waals surface area contributed by atoms with Gasteiger partial charge in [-0.05, 0) is 50.7 Å². The quantitative estimate of drug-likeness (QED) is 0.765. The molecule has 2 aromatic heterocycles. The second-order valence-corrected chi connectivity index (χ2v) is 8.71. The van der Waals surface area contributed by atoms with Gasteiger partial charge in [-0.25, -0.2) is 4.98 Å². The Morgan fingerprint density at radius 1 is 1.33 bits per heavy atom. The van der Waals surface area contributed by atoms with E-state index < -0.39 is 0 Å². The summed E-state index contributed by atoms with van der Waals surface area (Å²) in [6.45, 7) is 0.494. The lowest BCUT2D eigenvalue weighted by molar-refractivity contribution is -0.122. The van der Waals surface area contributed by atoms with Gasteiger partial charge >= 0.3 is 0 Å². The first-order chi connectivity index (χ1) is 13.1. The van der Waals surface area contributed by atoms with Gasteiger partial charge in [-0.1, -0.05) is 0 Å². The average molecular weight is 388 g/mol. The van der Waals surface area contributed by atoms with Crippen LogP contribution in [-0.2, 0) is 35.4 Å². The van der Waals surface area contributed by atoms with E-state index in [1.165, 1.54) is 23.4 Å². The lowest BCUT2D eigenvalue weighted by Gasteiger charge is -2.28. The van der Waals surface area contributed by atoms with E-state index in [0.717, 1.165) is 30.0 Å². The highest BCUT2D eigenvalue weighted by atomic mass is 32.1. The Kier molecular flexibility index (Phi) is 5.29. The van der Waals surface area contributed by atoms with Crippen molar-refractivity contribution in [3.8, 4) is 0 Å². The molecular weight excluding hydrogens is 362 g/mol. The number of carbonyl (C=O) groups is 2. The van der Waals surface area contributed by atoms with Crippen LogP contribution in [0.2, 0.25) is 0 Å². The smallest absolute Gasteiger partial charge is 0.220 e. The maximum absolute atomic E-state index is 12.4. The summed E-state index contributed by atoms with van der Waals surface area (Å²) < 4.78 is 5.45. The minimum Gasteiger partial charge on any atom is -0.469 e. The zero-order valence-electron chi connectivity index (χ0n) is 15.4. The van der Waals surface area contributed by atoms with Crippen molar-refractivity contribution in [2.24, 2.45) is 0 Å². The normalized spacial score (nSPS) is 21.7. The molecule has 1 aliphatic carbocycles. The predicted octanol–water partition coefficient (Wildman–Crippen LogP) is 2.90. The molecule has 27 heavy (non-hydrogen) atoms. The van der Waals surface area contributed by atoms with E-state index in [9.17, 15) is 9.59 Å². The number of furan rings is 1. The van der Waals surface area contributed by atoms with Gasteiger partial charge < -0.3 is 15.1 Å². The molecule has 3 heterocycles. The number of carbonyl (C=O) groups excluding carboxylic acids is 2. The van der Waals surface area contributed by atoms with Gasteiger partial charge in [0.15, 0.2) is 0 Å². The molecule has 1 aliphatic heterocycles. The van der Waals surface area contributed by atoms with Gasteiger partial charge in [-0.3, -0.25) is 9.59 Å². The molecule has 0 unspecified atom stereocenters. The number of thiazole rings is 1. The van der Waals surface area contributed by atoms with Crippen LogP contribution < -0.4 is 10.6 Å². The number of rotatable bonds is 7. The molecule has 2 aromatic rings. The second-order valence-electron chi connectivity index (χ2n) is 7.55. The fraction of sp³-hybridized carbons (Fsp3) is 0.550. The molecule has 4 rings (SSSR count). The van der Waals surface area contributed by atoms with Crippen molar-refractivity contribution in [1.82, 2.24) is 15.6 Å². The lowest BCUT2D eigenvalue weighted by atomic mass is 9.87. The van der Waals surface area contributed by atoms with E-state index in [1.807, 2.05) is 12.1 Å². The van der Waals surface area contributed by atoms with Crippen LogP contribution in [0, 0.1) is 0 Å². The van der Waals surface area contributed by atoms with Gasteiger partial charge in [-0.2, -0.15) is 0 Å². The number of aromatic nitrogens is 1. The first-order valence-corrected chi connectivity index (χ1v) is 10.5. The molecule has 1 atom stereocenters. The van der Waals surface area contributed by atoms with Crippen molar-refractivity contribution in [2.75, 3.05) is 0 Å².